The minimum Gasteiger partial charge on any atom is -0.497 e. The SMILES string of the molecule is CCNC(=NCC1(C(=O)N(C)C)CCCC1)N(C)CCOc1ccc(OC)cc1. The lowest BCUT2D eigenvalue weighted by molar-refractivity contribution is -0.138. The predicted octanol–water partition coefficient (Wildman–Crippen LogP) is 2.62. The van der Waals surface area contributed by atoms with Crippen LogP contribution >= 0.6 is 0 Å². The minimum atomic E-state index is -0.357. The van der Waals surface area contributed by atoms with Crippen LogP contribution in [0.25, 0.3) is 0 Å². The molecule has 0 bridgehead atoms. The van der Waals surface area contributed by atoms with Gasteiger partial charge in [-0.05, 0) is 44.0 Å². The second-order valence-electron chi connectivity index (χ2n) is 7.80. The zero-order valence-electron chi connectivity index (χ0n) is 18.5. The molecule has 0 saturated heterocycles. The van der Waals surface area contributed by atoms with E-state index in [4.69, 9.17) is 14.5 Å². The van der Waals surface area contributed by atoms with E-state index in [2.05, 4.69) is 10.2 Å². The Morgan fingerprint density at radius 2 is 1.76 bits per heavy atom. The number of guanidine groups is 1. The Morgan fingerprint density at radius 1 is 1.14 bits per heavy atom. The van der Waals surface area contributed by atoms with Crippen molar-refractivity contribution in [3.05, 3.63) is 24.3 Å². The topological polar surface area (TPSA) is 66.4 Å². The molecule has 1 amide bonds. The van der Waals surface area contributed by atoms with E-state index < -0.39 is 0 Å². The molecule has 1 saturated carbocycles. The van der Waals surface area contributed by atoms with Crippen molar-refractivity contribution in [1.29, 1.82) is 0 Å². The molecule has 0 heterocycles. The summed E-state index contributed by atoms with van der Waals surface area (Å²) in [5, 5.41) is 3.33. The Labute approximate surface area is 175 Å². The molecule has 0 unspecified atom stereocenters. The average molecular weight is 405 g/mol. The second kappa shape index (κ2) is 10.9. The number of nitrogens with zero attached hydrogens (tertiary/aromatic N) is 3. The van der Waals surface area contributed by atoms with Crippen molar-refractivity contribution in [1.82, 2.24) is 15.1 Å². The van der Waals surface area contributed by atoms with Crippen molar-refractivity contribution < 1.29 is 14.3 Å². The first-order valence-corrected chi connectivity index (χ1v) is 10.4. The molecule has 7 nitrogen and oxygen atoms in total. The van der Waals surface area contributed by atoms with Gasteiger partial charge < -0.3 is 24.6 Å². The van der Waals surface area contributed by atoms with Crippen molar-refractivity contribution >= 4 is 11.9 Å². The number of nitrogens with one attached hydrogen (secondary N) is 1. The first kappa shape index (κ1) is 22.8. The number of methoxy groups -OCH3 is 1. The Morgan fingerprint density at radius 3 is 2.31 bits per heavy atom. The average Bonchev–Trinajstić information content (AvgIpc) is 3.20. The van der Waals surface area contributed by atoms with E-state index in [1.165, 1.54) is 0 Å². The second-order valence-corrected chi connectivity index (χ2v) is 7.80. The molecule has 0 spiro atoms. The fourth-order valence-corrected chi connectivity index (χ4v) is 3.74. The number of carbonyl (C=O) groups excluding carboxylic acids is 1. The number of aliphatic imine (C=N–C) groups is 1. The minimum absolute atomic E-state index is 0.195. The van der Waals surface area contributed by atoms with E-state index in [-0.39, 0.29) is 11.3 Å². The van der Waals surface area contributed by atoms with Gasteiger partial charge in [-0.1, -0.05) is 12.8 Å². The zero-order chi connectivity index (χ0) is 21.3. The van der Waals surface area contributed by atoms with Crippen molar-refractivity contribution in [2.24, 2.45) is 10.4 Å². The standard InChI is InChI=1S/C22H36N4O3/c1-6-23-21(24-17-22(13-7-8-14-22)20(27)25(2)3)26(4)15-16-29-19-11-9-18(28-5)10-12-19/h9-12H,6-8,13-17H2,1-5H3,(H,23,24). The van der Waals surface area contributed by atoms with Gasteiger partial charge >= 0.3 is 0 Å². The normalized spacial score (nSPS) is 15.7. The summed E-state index contributed by atoms with van der Waals surface area (Å²) in [6.45, 7) is 4.57. The van der Waals surface area contributed by atoms with E-state index in [1.807, 2.05) is 52.3 Å². The molecule has 0 atom stereocenters. The summed E-state index contributed by atoms with van der Waals surface area (Å²) < 4.78 is 11.0. The maximum absolute atomic E-state index is 12.8. The van der Waals surface area contributed by atoms with Gasteiger partial charge in [-0.25, -0.2) is 0 Å². The van der Waals surface area contributed by atoms with Crippen molar-refractivity contribution in [3.63, 3.8) is 0 Å². The predicted molar refractivity (Wildman–Crippen MR) is 117 cm³/mol. The number of hydrogen-bond donors (Lipinski definition) is 1. The highest BCUT2D eigenvalue weighted by Crippen LogP contribution is 2.39. The van der Waals surface area contributed by atoms with E-state index >= 15 is 0 Å². The molecule has 162 valence electrons. The van der Waals surface area contributed by atoms with Gasteiger partial charge in [0.05, 0.1) is 25.6 Å². The third kappa shape index (κ3) is 6.27. The maximum atomic E-state index is 12.8. The Hall–Kier alpha value is -2.44. The zero-order valence-corrected chi connectivity index (χ0v) is 18.5. The quantitative estimate of drug-likeness (QED) is 0.506. The van der Waals surface area contributed by atoms with E-state index in [0.717, 1.165) is 49.7 Å². The Kier molecular flexibility index (Phi) is 8.61. The van der Waals surface area contributed by atoms with Crippen LogP contribution in [0.15, 0.2) is 29.3 Å². The molecule has 2 rings (SSSR count). The lowest BCUT2D eigenvalue weighted by Crippen LogP contribution is -2.44. The summed E-state index contributed by atoms with van der Waals surface area (Å²) in [7, 11) is 7.31. The molecule has 29 heavy (non-hydrogen) atoms. The van der Waals surface area contributed by atoms with Crippen molar-refractivity contribution in [2.75, 3.05) is 54.5 Å². The van der Waals surface area contributed by atoms with E-state index in [0.29, 0.717) is 19.7 Å². The molecular weight excluding hydrogens is 368 g/mol. The van der Waals surface area contributed by atoms with E-state index in [9.17, 15) is 4.79 Å². The fourth-order valence-electron chi connectivity index (χ4n) is 3.74. The van der Waals surface area contributed by atoms with Gasteiger partial charge in [0, 0.05) is 27.7 Å². The number of rotatable bonds is 9. The fraction of sp³-hybridized carbons (Fsp3) is 0.636. The highest BCUT2D eigenvalue weighted by molar-refractivity contribution is 5.84. The molecule has 1 fully saturated rings. The smallest absolute Gasteiger partial charge is 0.230 e. The van der Waals surface area contributed by atoms with Crippen LogP contribution < -0.4 is 14.8 Å². The summed E-state index contributed by atoms with van der Waals surface area (Å²) in [6, 6.07) is 7.56. The highest BCUT2D eigenvalue weighted by Gasteiger charge is 2.42. The summed E-state index contributed by atoms with van der Waals surface area (Å²) in [6.07, 6.45) is 4.02. The third-order valence-corrected chi connectivity index (χ3v) is 5.40. The van der Waals surface area contributed by atoms with Gasteiger partial charge in [0.1, 0.15) is 18.1 Å². The van der Waals surface area contributed by atoms with Crippen LogP contribution in [0.2, 0.25) is 0 Å². The molecule has 1 aliphatic rings. The number of likely N-dealkylation sites (N-methyl/N-ethyl adjacent to an activating group) is 1. The van der Waals surface area contributed by atoms with Crippen LogP contribution in [0.5, 0.6) is 11.5 Å². The molecule has 1 aliphatic carbocycles. The monoisotopic (exact) mass is 404 g/mol. The van der Waals surface area contributed by atoms with Crippen LogP contribution in [0.1, 0.15) is 32.6 Å². The van der Waals surface area contributed by atoms with Crippen molar-refractivity contribution in [2.45, 2.75) is 32.6 Å². The number of carbonyl (C=O) groups is 1. The number of ether oxygens (including phenoxy) is 2. The summed E-state index contributed by atoms with van der Waals surface area (Å²) in [4.78, 5) is 21.4. The molecule has 0 aliphatic heterocycles. The molecule has 1 aromatic carbocycles. The lowest BCUT2D eigenvalue weighted by Gasteiger charge is -2.30. The van der Waals surface area contributed by atoms with Crippen molar-refractivity contribution in [3.8, 4) is 11.5 Å². The Balaban J connectivity index is 1.96. The molecule has 7 heteroatoms. The summed E-state index contributed by atoms with van der Waals surface area (Å²) in [5.74, 6) is 2.62. The van der Waals surface area contributed by atoms with Crippen LogP contribution in [0.4, 0.5) is 0 Å². The summed E-state index contributed by atoms with van der Waals surface area (Å²) >= 11 is 0. The largest absolute Gasteiger partial charge is 0.497 e. The lowest BCUT2D eigenvalue weighted by atomic mass is 9.85. The van der Waals surface area contributed by atoms with Gasteiger partial charge in [-0.2, -0.15) is 0 Å². The third-order valence-electron chi connectivity index (χ3n) is 5.40. The molecule has 1 N–H and O–H groups in total. The molecule has 0 radical (unpaired) electrons. The van der Waals surface area contributed by atoms with Crippen LogP contribution in [-0.4, -0.2) is 76.2 Å². The maximum Gasteiger partial charge on any atom is 0.230 e. The van der Waals surface area contributed by atoms with Gasteiger partial charge in [-0.3, -0.25) is 9.79 Å². The van der Waals surface area contributed by atoms with Crippen LogP contribution in [0, 0.1) is 5.41 Å². The molecule has 0 aromatic heterocycles. The first-order valence-electron chi connectivity index (χ1n) is 10.4. The summed E-state index contributed by atoms with van der Waals surface area (Å²) in [5.41, 5.74) is -0.357. The highest BCUT2D eigenvalue weighted by atomic mass is 16.5. The van der Waals surface area contributed by atoms with E-state index in [1.54, 1.807) is 12.0 Å². The number of amides is 1. The van der Waals surface area contributed by atoms with Gasteiger partial charge in [-0.15, -0.1) is 0 Å². The first-order chi connectivity index (χ1) is 13.9. The molecular formula is C22H36N4O3. The van der Waals surface area contributed by atoms with Crippen LogP contribution in [0.3, 0.4) is 0 Å². The molecule has 1 aromatic rings. The Bertz CT molecular complexity index is 667. The van der Waals surface area contributed by atoms with Gasteiger partial charge in [0.15, 0.2) is 5.96 Å². The van der Waals surface area contributed by atoms with Crippen LogP contribution in [-0.2, 0) is 4.79 Å². The number of hydrogen-bond acceptors (Lipinski definition) is 4. The van der Waals surface area contributed by atoms with Gasteiger partial charge in [0.25, 0.3) is 0 Å². The van der Waals surface area contributed by atoms with Gasteiger partial charge in [0.2, 0.25) is 5.91 Å². The number of benzene rings is 1.